The number of ether oxygens (including phenoxy) is 1. The van der Waals surface area contributed by atoms with E-state index in [2.05, 4.69) is 0 Å². The molecule has 0 aliphatic carbocycles. The fourth-order valence-electron chi connectivity index (χ4n) is 2.04. The number of carbonyl (C=O) groups is 1. The van der Waals surface area contributed by atoms with Gasteiger partial charge in [-0.2, -0.15) is 0 Å². The van der Waals surface area contributed by atoms with E-state index in [9.17, 15) is 18.7 Å². The number of rotatable bonds is 7. The van der Waals surface area contributed by atoms with Gasteiger partial charge in [-0.25, -0.2) is 8.78 Å². The zero-order chi connectivity index (χ0) is 15.1. The average Bonchev–Trinajstić information content (AvgIpc) is 2.44. The second kappa shape index (κ2) is 7.94. The highest BCUT2D eigenvalue weighted by Crippen LogP contribution is 2.28. The maximum atomic E-state index is 12.5. The Morgan fingerprint density at radius 3 is 2.20 bits per heavy atom. The molecule has 0 aliphatic rings. The Morgan fingerprint density at radius 1 is 1.20 bits per heavy atom. The van der Waals surface area contributed by atoms with Crippen LogP contribution in [0.25, 0.3) is 0 Å². The smallest absolute Gasteiger partial charge is 0.311 e. The third-order valence-corrected chi connectivity index (χ3v) is 3.10. The molecular weight excluding hydrogens is 266 g/mol. The number of benzene rings is 1. The molecule has 1 aromatic carbocycles. The molecule has 1 aromatic rings. The maximum Gasteiger partial charge on any atom is 0.311 e. The molecule has 2 unspecified atom stereocenters. The van der Waals surface area contributed by atoms with Crippen LogP contribution in [0.2, 0.25) is 0 Å². The van der Waals surface area contributed by atoms with E-state index in [0.717, 1.165) is 6.42 Å². The van der Waals surface area contributed by atoms with Crippen LogP contribution in [-0.4, -0.2) is 17.7 Å². The molecule has 2 atom stereocenters. The predicted molar refractivity (Wildman–Crippen MR) is 71.4 cm³/mol. The van der Waals surface area contributed by atoms with Crippen LogP contribution in [0.15, 0.2) is 24.3 Å². The molecule has 112 valence electrons. The summed E-state index contributed by atoms with van der Waals surface area (Å²) in [5.74, 6) is -1.13. The van der Waals surface area contributed by atoms with E-state index >= 15 is 0 Å². The Labute approximate surface area is 117 Å². The van der Waals surface area contributed by atoms with Crippen molar-refractivity contribution in [3.05, 3.63) is 35.4 Å². The zero-order valence-corrected chi connectivity index (χ0v) is 11.7. The van der Waals surface area contributed by atoms with E-state index in [1.807, 2.05) is 6.92 Å². The van der Waals surface area contributed by atoms with Gasteiger partial charge in [0.05, 0.1) is 18.6 Å². The quantitative estimate of drug-likeness (QED) is 0.778. The lowest BCUT2D eigenvalue weighted by Gasteiger charge is -2.21. The number of halogens is 2. The topological polar surface area (TPSA) is 46.5 Å². The normalized spacial score (nSPS) is 14.1. The van der Waals surface area contributed by atoms with Gasteiger partial charge >= 0.3 is 5.97 Å². The number of aliphatic hydroxyl groups excluding tert-OH is 1. The molecule has 0 heterocycles. The van der Waals surface area contributed by atoms with Crippen LogP contribution in [0, 0.1) is 5.92 Å². The number of hydrogen-bond donors (Lipinski definition) is 1. The summed E-state index contributed by atoms with van der Waals surface area (Å²) in [6.07, 6.45) is -2.38. The molecule has 1 rings (SSSR count). The van der Waals surface area contributed by atoms with E-state index in [-0.39, 0.29) is 12.2 Å². The van der Waals surface area contributed by atoms with Crippen molar-refractivity contribution >= 4 is 5.97 Å². The summed E-state index contributed by atoms with van der Waals surface area (Å²) in [6.45, 7) is 3.85. The number of hydrogen-bond acceptors (Lipinski definition) is 3. The standard InChI is InChI=1S/C15H20F2O3/c1-3-5-12(15(19)20-4-2)13(18)10-6-8-11(9-7-10)14(16)17/h6-9,12-14,18H,3-5H2,1-2H3. The number of esters is 1. The first kappa shape index (κ1) is 16.6. The first-order valence-electron chi connectivity index (χ1n) is 6.73. The lowest BCUT2D eigenvalue weighted by molar-refractivity contribution is -0.152. The molecule has 3 nitrogen and oxygen atoms in total. The van der Waals surface area contributed by atoms with Crippen LogP contribution >= 0.6 is 0 Å². The molecule has 0 aromatic heterocycles. The molecule has 0 saturated carbocycles. The fraction of sp³-hybridized carbons (Fsp3) is 0.533. The second-order valence-electron chi connectivity index (χ2n) is 4.56. The van der Waals surface area contributed by atoms with Crippen molar-refractivity contribution in [2.24, 2.45) is 5.92 Å². The third-order valence-electron chi connectivity index (χ3n) is 3.10. The third kappa shape index (κ3) is 4.27. The molecular formula is C15H20F2O3. The number of aliphatic hydroxyl groups is 1. The Balaban J connectivity index is 2.87. The average molecular weight is 286 g/mol. The summed E-state index contributed by atoms with van der Waals surface area (Å²) in [4.78, 5) is 11.8. The van der Waals surface area contributed by atoms with Crippen LogP contribution in [0.4, 0.5) is 8.78 Å². The fourth-order valence-corrected chi connectivity index (χ4v) is 2.04. The van der Waals surface area contributed by atoms with Crippen molar-refractivity contribution in [3.8, 4) is 0 Å². The minimum absolute atomic E-state index is 0.107. The van der Waals surface area contributed by atoms with Gasteiger partial charge in [0, 0.05) is 5.56 Å². The monoisotopic (exact) mass is 286 g/mol. The van der Waals surface area contributed by atoms with E-state index < -0.39 is 24.4 Å². The Kier molecular flexibility index (Phi) is 6.58. The highest BCUT2D eigenvalue weighted by Gasteiger charge is 2.28. The van der Waals surface area contributed by atoms with Crippen molar-refractivity contribution in [2.75, 3.05) is 6.61 Å². The van der Waals surface area contributed by atoms with Crippen LogP contribution in [0.1, 0.15) is 50.3 Å². The van der Waals surface area contributed by atoms with Gasteiger partial charge in [-0.3, -0.25) is 4.79 Å². The molecule has 0 spiro atoms. The first-order valence-corrected chi connectivity index (χ1v) is 6.73. The first-order chi connectivity index (χ1) is 9.51. The van der Waals surface area contributed by atoms with Crippen molar-refractivity contribution in [3.63, 3.8) is 0 Å². The summed E-state index contributed by atoms with van der Waals surface area (Å²) >= 11 is 0. The van der Waals surface area contributed by atoms with Crippen LogP contribution < -0.4 is 0 Å². The molecule has 0 radical (unpaired) electrons. The number of alkyl halides is 2. The van der Waals surface area contributed by atoms with Gasteiger partial charge in [0.2, 0.25) is 0 Å². The van der Waals surface area contributed by atoms with Crippen molar-refractivity contribution in [2.45, 2.75) is 39.2 Å². The van der Waals surface area contributed by atoms with E-state index in [4.69, 9.17) is 4.74 Å². The summed E-state index contributed by atoms with van der Waals surface area (Å²) in [5, 5.41) is 10.2. The summed E-state index contributed by atoms with van der Waals surface area (Å²) in [5.41, 5.74) is 0.338. The molecule has 0 amide bonds. The van der Waals surface area contributed by atoms with Crippen LogP contribution in [-0.2, 0) is 9.53 Å². The lowest BCUT2D eigenvalue weighted by atomic mass is 9.91. The van der Waals surface area contributed by atoms with E-state index in [0.29, 0.717) is 12.0 Å². The maximum absolute atomic E-state index is 12.5. The van der Waals surface area contributed by atoms with Crippen molar-refractivity contribution in [1.82, 2.24) is 0 Å². The van der Waals surface area contributed by atoms with Gasteiger partial charge in [0.25, 0.3) is 6.43 Å². The van der Waals surface area contributed by atoms with Crippen LogP contribution in [0.5, 0.6) is 0 Å². The minimum Gasteiger partial charge on any atom is -0.466 e. The van der Waals surface area contributed by atoms with Gasteiger partial charge in [0.1, 0.15) is 0 Å². The van der Waals surface area contributed by atoms with Crippen LogP contribution in [0.3, 0.4) is 0 Å². The lowest BCUT2D eigenvalue weighted by Crippen LogP contribution is -2.24. The highest BCUT2D eigenvalue weighted by molar-refractivity contribution is 5.73. The predicted octanol–water partition coefficient (Wildman–Crippen LogP) is 3.64. The van der Waals surface area contributed by atoms with Gasteiger partial charge in [-0.15, -0.1) is 0 Å². The molecule has 20 heavy (non-hydrogen) atoms. The highest BCUT2D eigenvalue weighted by atomic mass is 19.3. The molecule has 1 N–H and O–H groups in total. The van der Waals surface area contributed by atoms with Gasteiger partial charge in [-0.1, -0.05) is 37.6 Å². The van der Waals surface area contributed by atoms with E-state index in [1.54, 1.807) is 6.92 Å². The van der Waals surface area contributed by atoms with Gasteiger partial charge < -0.3 is 9.84 Å². The minimum atomic E-state index is -2.54. The molecule has 0 aliphatic heterocycles. The Morgan fingerprint density at radius 2 is 1.75 bits per heavy atom. The zero-order valence-electron chi connectivity index (χ0n) is 11.7. The van der Waals surface area contributed by atoms with Crippen molar-refractivity contribution < 1.29 is 23.4 Å². The second-order valence-corrected chi connectivity index (χ2v) is 4.56. The van der Waals surface area contributed by atoms with E-state index in [1.165, 1.54) is 24.3 Å². The summed E-state index contributed by atoms with van der Waals surface area (Å²) in [7, 11) is 0. The molecule has 0 bridgehead atoms. The van der Waals surface area contributed by atoms with Gasteiger partial charge in [-0.05, 0) is 18.9 Å². The van der Waals surface area contributed by atoms with Crippen molar-refractivity contribution in [1.29, 1.82) is 0 Å². The molecule has 0 fully saturated rings. The van der Waals surface area contributed by atoms with Gasteiger partial charge in [0.15, 0.2) is 0 Å². The summed E-state index contributed by atoms with van der Waals surface area (Å²) < 4.78 is 29.9. The molecule has 5 heteroatoms. The largest absolute Gasteiger partial charge is 0.466 e. The number of carbonyl (C=O) groups excluding carboxylic acids is 1. The molecule has 0 saturated heterocycles. The Bertz CT molecular complexity index is 418. The summed E-state index contributed by atoms with van der Waals surface area (Å²) in [6, 6.07) is 5.37. The SMILES string of the molecule is CCCC(C(=O)OCC)C(O)c1ccc(C(F)F)cc1. The Hall–Kier alpha value is -1.49.